The zero-order valence-corrected chi connectivity index (χ0v) is 26.5. The van der Waals surface area contributed by atoms with Gasteiger partial charge in [0.05, 0.1) is 12.1 Å². The third kappa shape index (κ3) is 7.88. The number of fused-ring (bicyclic) bond motifs is 1. The minimum absolute atomic E-state index is 0.0898. The predicted octanol–water partition coefficient (Wildman–Crippen LogP) is 4.66. The number of rotatable bonds is 6. The smallest absolute Gasteiger partial charge is 0.411 e. The topological polar surface area (TPSA) is 99.7 Å². The van der Waals surface area contributed by atoms with Crippen molar-refractivity contribution in [3.8, 4) is 0 Å². The molecule has 0 radical (unpaired) electrons. The fourth-order valence-electron chi connectivity index (χ4n) is 4.73. The van der Waals surface area contributed by atoms with Gasteiger partial charge in [-0.2, -0.15) is 0 Å². The van der Waals surface area contributed by atoms with E-state index in [1.54, 1.807) is 95.8 Å². The predicted molar refractivity (Wildman–Crippen MR) is 163 cm³/mol. The number of hydrogen-bond acceptors (Lipinski definition) is 7. The van der Waals surface area contributed by atoms with Crippen LogP contribution in [0.2, 0.25) is 0 Å². The second kappa shape index (κ2) is 12.5. The number of nitrogens with zero attached hydrogens (tertiary/aromatic N) is 4. The molecule has 0 saturated heterocycles. The van der Waals surface area contributed by atoms with Crippen molar-refractivity contribution in [3.63, 3.8) is 0 Å². The number of ether oxygens (including phenoxy) is 2. The van der Waals surface area contributed by atoms with Crippen LogP contribution in [0.3, 0.4) is 0 Å². The minimum atomic E-state index is -0.989. The summed E-state index contributed by atoms with van der Waals surface area (Å²) in [4.78, 5) is 59.3. The summed E-state index contributed by atoms with van der Waals surface area (Å²) >= 11 is 0. The fraction of sp³-hybridized carbons (Fsp3) is 0.500. The lowest BCUT2D eigenvalue weighted by atomic mass is 9.90. The number of carbonyl (C=O) groups excluding carboxylic acids is 4. The normalized spacial score (nSPS) is 15.1. The van der Waals surface area contributed by atoms with E-state index in [1.807, 2.05) is 26.2 Å². The van der Waals surface area contributed by atoms with Gasteiger partial charge < -0.3 is 24.2 Å². The van der Waals surface area contributed by atoms with Gasteiger partial charge in [0.2, 0.25) is 5.91 Å². The van der Waals surface area contributed by atoms with Crippen molar-refractivity contribution in [1.82, 2.24) is 9.80 Å². The van der Waals surface area contributed by atoms with Crippen LogP contribution in [0.15, 0.2) is 42.5 Å². The highest BCUT2D eigenvalue weighted by Crippen LogP contribution is 2.38. The lowest BCUT2D eigenvalue weighted by Crippen LogP contribution is -2.49. The Morgan fingerprint density at radius 2 is 1.43 bits per heavy atom. The Hall–Kier alpha value is -3.92. The van der Waals surface area contributed by atoms with Crippen molar-refractivity contribution < 1.29 is 28.7 Å². The molecule has 1 aliphatic heterocycles. The van der Waals surface area contributed by atoms with Gasteiger partial charge in [0.25, 0.3) is 5.91 Å². The molecule has 2 aromatic carbocycles. The number of hydrogen-bond donors (Lipinski definition) is 0. The first-order valence-electron chi connectivity index (χ1n) is 14.0. The van der Waals surface area contributed by atoms with Gasteiger partial charge in [-0.05, 0) is 104 Å². The lowest BCUT2D eigenvalue weighted by Gasteiger charge is -2.40. The van der Waals surface area contributed by atoms with Gasteiger partial charge in [0, 0.05) is 32.0 Å². The number of benzene rings is 2. The molecular formula is C32H44N4O6. The van der Waals surface area contributed by atoms with Gasteiger partial charge in [-0.1, -0.05) is 12.1 Å². The maximum absolute atomic E-state index is 14.2. The average Bonchev–Trinajstić information content (AvgIpc) is 2.88. The van der Waals surface area contributed by atoms with E-state index in [4.69, 9.17) is 9.47 Å². The molecule has 1 aliphatic rings. The maximum Gasteiger partial charge on any atom is 0.411 e. The summed E-state index contributed by atoms with van der Waals surface area (Å²) in [6, 6.07) is 11.0. The van der Waals surface area contributed by atoms with E-state index >= 15 is 0 Å². The van der Waals surface area contributed by atoms with Crippen LogP contribution >= 0.6 is 0 Å². The van der Waals surface area contributed by atoms with Crippen LogP contribution in [0.1, 0.15) is 69.1 Å². The molecule has 1 unspecified atom stereocenters. The number of anilines is 2. The molecule has 3 rings (SSSR count). The third-order valence-electron chi connectivity index (χ3n) is 6.67. The number of carbonyl (C=O) groups is 4. The molecular weight excluding hydrogens is 536 g/mol. The van der Waals surface area contributed by atoms with E-state index in [-0.39, 0.29) is 24.9 Å². The molecule has 0 spiro atoms. The van der Waals surface area contributed by atoms with Crippen LogP contribution < -0.4 is 9.80 Å². The van der Waals surface area contributed by atoms with Crippen LogP contribution in [0.25, 0.3) is 0 Å². The Labute approximate surface area is 249 Å². The monoisotopic (exact) mass is 580 g/mol. The van der Waals surface area contributed by atoms with E-state index in [0.29, 0.717) is 28.9 Å². The summed E-state index contributed by atoms with van der Waals surface area (Å²) in [5.74, 6) is -0.903. The zero-order valence-electron chi connectivity index (χ0n) is 26.5. The van der Waals surface area contributed by atoms with Gasteiger partial charge in [0.1, 0.15) is 17.2 Å². The summed E-state index contributed by atoms with van der Waals surface area (Å²) < 4.78 is 11.1. The lowest BCUT2D eigenvalue weighted by molar-refractivity contribution is -0.124. The second-order valence-corrected chi connectivity index (χ2v) is 12.8. The largest absolute Gasteiger partial charge is 0.456 e. The fourth-order valence-corrected chi connectivity index (χ4v) is 4.73. The first-order chi connectivity index (χ1) is 19.4. The molecule has 0 bridgehead atoms. The standard InChI is InChI=1S/C32H44N4O6/c1-31(2,3)41-29(39)21-14-16-22(17-15-21)34(9)28(38)27-24-12-11-13-25(35(10)26(37)20-33(7)8)23(24)18-19-36(27)30(40)42-32(4,5)6/h11-17,27H,18-20H2,1-10H3. The molecule has 1 heterocycles. The molecule has 0 aliphatic carbocycles. The van der Waals surface area contributed by atoms with Crippen molar-refractivity contribution >= 4 is 35.3 Å². The Kier molecular flexibility index (Phi) is 9.72. The van der Waals surface area contributed by atoms with E-state index in [0.717, 1.165) is 5.56 Å². The molecule has 3 amide bonds. The van der Waals surface area contributed by atoms with Gasteiger partial charge in [-0.15, -0.1) is 0 Å². The third-order valence-corrected chi connectivity index (χ3v) is 6.67. The molecule has 0 N–H and O–H groups in total. The van der Waals surface area contributed by atoms with Gasteiger partial charge in [-0.25, -0.2) is 9.59 Å². The van der Waals surface area contributed by atoms with Crippen molar-refractivity contribution in [2.24, 2.45) is 0 Å². The first kappa shape index (κ1) is 32.6. The molecule has 10 nitrogen and oxygen atoms in total. The van der Waals surface area contributed by atoms with Crippen LogP contribution in [0.4, 0.5) is 16.2 Å². The van der Waals surface area contributed by atoms with Gasteiger partial charge >= 0.3 is 12.1 Å². The van der Waals surface area contributed by atoms with Crippen LogP contribution in [0, 0.1) is 0 Å². The molecule has 10 heteroatoms. The summed E-state index contributed by atoms with van der Waals surface area (Å²) in [5.41, 5.74) is 1.68. The summed E-state index contributed by atoms with van der Waals surface area (Å²) in [6.07, 6.45) is -0.148. The SMILES string of the molecule is CN(C)CC(=O)N(C)c1cccc2c1CCN(C(=O)OC(C)(C)C)C2C(=O)N(C)c1ccc(C(=O)OC(C)(C)C)cc1. The minimum Gasteiger partial charge on any atom is -0.456 e. The molecule has 0 saturated carbocycles. The number of likely N-dealkylation sites (N-methyl/N-ethyl adjacent to an activating group) is 3. The quantitative estimate of drug-likeness (QED) is 0.458. The zero-order chi connectivity index (χ0) is 31.6. The Morgan fingerprint density at radius 1 is 0.833 bits per heavy atom. The van der Waals surface area contributed by atoms with E-state index < -0.39 is 29.3 Å². The van der Waals surface area contributed by atoms with Gasteiger partial charge in [-0.3, -0.25) is 14.5 Å². The van der Waals surface area contributed by atoms with Crippen molar-refractivity contribution in [1.29, 1.82) is 0 Å². The highest BCUT2D eigenvalue weighted by molar-refractivity contribution is 6.01. The van der Waals surface area contributed by atoms with Crippen molar-refractivity contribution in [2.75, 3.05) is 51.1 Å². The second-order valence-electron chi connectivity index (χ2n) is 12.8. The van der Waals surface area contributed by atoms with Crippen molar-refractivity contribution in [3.05, 3.63) is 59.2 Å². The molecule has 1 atom stereocenters. The molecule has 2 aromatic rings. The molecule has 0 fully saturated rings. The van der Waals surface area contributed by atoms with Crippen molar-refractivity contribution in [2.45, 2.75) is 65.2 Å². The number of esters is 1. The molecule has 42 heavy (non-hydrogen) atoms. The molecule has 0 aromatic heterocycles. The van der Waals surface area contributed by atoms with Gasteiger partial charge in [0.15, 0.2) is 0 Å². The summed E-state index contributed by atoms with van der Waals surface area (Å²) in [5, 5.41) is 0. The Morgan fingerprint density at radius 3 is 1.98 bits per heavy atom. The van der Waals surface area contributed by atoms with Crippen LogP contribution in [-0.2, 0) is 25.5 Å². The highest BCUT2D eigenvalue weighted by Gasteiger charge is 2.41. The average molecular weight is 581 g/mol. The number of amides is 3. The Balaban J connectivity index is 2.01. The summed E-state index contributed by atoms with van der Waals surface area (Å²) in [6.45, 7) is 11.2. The molecule has 228 valence electrons. The van der Waals surface area contributed by atoms with E-state index in [2.05, 4.69) is 0 Å². The van der Waals surface area contributed by atoms with E-state index in [1.165, 1.54) is 9.80 Å². The maximum atomic E-state index is 14.2. The summed E-state index contributed by atoms with van der Waals surface area (Å²) in [7, 11) is 7.00. The van der Waals surface area contributed by atoms with Crippen LogP contribution in [0.5, 0.6) is 0 Å². The van der Waals surface area contributed by atoms with Crippen LogP contribution in [-0.4, -0.2) is 86.2 Å². The highest BCUT2D eigenvalue weighted by atomic mass is 16.6. The first-order valence-corrected chi connectivity index (χ1v) is 14.0. The van der Waals surface area contributed by atoms with E-state index in [9.17, 15) is 19.2 Å². The Bertz CT molecular complexity index is 1320.